The predicted octanol–water partition coefficient (Wildman–Crippen LogP) is 4.47. The lowest BCUT2D eigenvalue weighted by Crippen LogP contribution is -2.31. The summed E-state index contributed by atoms with van der Waals surface area (Å²) in [7, 11) is 3.17. The van der Waals surface area contributed by atoms with Crippen LogP contribution in [0.2, 0.25) is 0 Å². The summed E-state index contributed by atoms with van der Waals surface area (Å²) in [6, 6.07) is 13.6. The quantitative estimate of drug-likeness (QED) is 0.791. The Hall–Kier alpha value is -2.95. The molecule has 0 radical (unpaired) electrons. The zero-order valence-corrected chi connectivity index (χ0v) is 16.6. The molecule has 0 aliphatic rings. The molecule has 2 amide bonds. The molecule has 0 fully saturated rings. The molecule has 2 rings (SSSR count). The third kappa shape index (κ3) is 6.06. The van der Waals surface area contributed by atoms with Crippen molar-refractivity contribution in [2.75, 3.05) is 14.2 Å². The highest BCUT2D eigenvalue weighted by Gasteiger charge is 2.12. The number of rotatable bonds is 6. The maximum absolute atomic E-state index is 11.9. The first-order valence-electron chi connectivity index (χ1n) is 8.86. The number of hydrogen-bond acceptors (Lipinski definition) is 3. The smallest absolute Gasteiger partial charge is 0.319 e. The molecule has 5 nitrogen and oxygen atoms in total. The van der Waals surface area contributed by atoms with Crippen LogP contribution in [-0.2, 0) is 12.0 Å². The van der Waals surface area contributed by atoms with Gasteiger partial charge in [0.15, 0.2) is 11.5 Å². The Kier molecular flexibility index (Phi) is 6.88. The normalized spacial score (nSPS) is 11.3. The van der Waals surface area contributed by atoms with Crippen molar-refractivity contribution in [3.63, 3.8) is 0 Å². The summed E-state index contributed by atoms with van der Waals surface area (Å²) in [6.45, 7) is 6.94. The number of nitrogens with one attached hydrogen (secondary N) is 2. The van der Waals surface area contributed by atoms with Gasteiger partial charge in [0, 0.05) is 12.7 Å². The molecule has 0 heterocycles. The highest BCUT2D eigenvalue weighted by atomic mass is 16.5. The molecule has 0 aromatic heterocycles. The van der Waals surface area contributed by atoms with Crippen LogP contribution in [0.25, 0.3) is 6.08 Å². The van der Waals surface area contributed by atoms with Gasteiger partial charge < -0.3 is 20.1 Å². The molecule has 0 atom stereocenters. The summed E-state index contributed by atoms with van der Waals surface area (Å²) in [5.41, 5.74) is 3.36. The molecule has 2 aromatic carbocycles. The number of carbonyl (C=O) groups excluding carboxylic acids is 1. The molecule has 144 valence electrons. The minimum absolute atomic E-state index is 0.129. The molecule has 0 aliphatic heterocycles. The van der Waals surface area contributed by atoms with Crippen molar-refractivity contribution in [3.05, 3.63) is 65.4 Å². The highest BCUT2D eigenvalue weighted by Crippen LogP contribution is 2.27. The number of urea groups is 1. The van der Waals surface area contributed by atoms with E-state index in [2.05, 4.69) is 43.5 Å². The largest absolute Gasteiger partial charge is 0.493 e. The van der Waals surface area contributed by atoms with Crippen LogP contribution in [0.3, 0.4) is 0 Å². The summed E-state index contributed by atoms with van der Waals surface area (Å²) in [4.78, 5) is 11.9. The first kappa shape index (κ1) is 20.4. The van der Waals surface area contributed by atoms with Crippen molar-refractivity contribution >= 4 is 12.1 Å². The zero-order chi connectivity index (χ0) is 19.9. The molecule has 0 bridgehead atoms. The average Bonchev–Trinajstić information content (AvgIpc) is 2.65. The Labute approximate surface area is 161 Å². The van der Waals surface area contributed by atoms with Gasteiger partial charge in [-0.3, -0.25) is 0 Å². The van der Waals surface area contributed by atoms with Gasteiger partial charge in [0.25, 0.3) is 0 Å². The van der Waals surface area contributed by atoms with E-state index in [4.69, 9.17) is 9.47 Å². The lowest BCUT2D eigenvalue weighted by molar-refractivity contribution is 0.244. The van der Waals surface area contributed by atoms with Crippen molar-refractivity contribution in [3.8, 4) is 11.5 Å². The third-order valence-electron chi connectivity index (χ3n) is 4.17. The molecular formula is C22H28N2O3. The number of benzene rings is 2. The molecule has 0 saturated carbocycles. The van der Waals surface area contributed by atoms with E-state index in [0.717, 1.165) is 11.1 Å². The maximum atomic E-state index is 11.9. The molecule has 27 heavy (non-hydrogen) atoms. The Bertz CT molecular complexity index is 790. The van der Waals surface area contributed by atoms with Gasteiger partial charge in [-0.15, -0.1) is 0 Å². The fourth-order valence-corrected chi connectivity index (χ4v) is 2.53. The molecule has 2 aromatic rings. The van der Waals surface area contributed by atoms with Gasteiger partial charge in [-0.2, -0.15) is 0 Å². The number of amides is 2. The minimum atomic E-state index is -0.271. The van der Waals surface area contributed by atoms with Gasteiger partial charge in [0.2, 0.25) is 0 Å². The van der Waals surface area contributed by atoms with Gasteiger partial charge in [-0.05, 0) is 40.3 Å². The molecule has 0 aliphatic carbocycles. The highest BCUT2D eigenvalue weighted by molar-refractivity contribution is 5.75. The van der Waals surface area contributed by atoms with Crippen LogP contribution >= 0.6 is 0 Å². The summed E-state index contributed by atoms with van der Waals surface area (Å²) < 4.78 is 10.5. The standard InChI is InChI=1S/C22H28N2O3/c1-22(2,3)18-9-6-16(7-10-18)12-13-23-21(25)24-15-17-8-11-19(26-4)20(14-17)27-5/h6-14H,15H2,1-5H3,(H2,23,24,25)/b13-12+. The molecule has 0 spiro atoms. The number of ether oxygens (including phenoxy) is 2. The second-order valence-corrected chi connectivity index (χ2v) is 7.22. The van der Waals surface area contributed by atoms with Gasteiger partial charge in [-0.1, -0.05) is 51.1 Å². The lowest BCUT2D eigenvalue weighted by atomic mass is 9.87. The monoisotopic (exact) mass is 368 g/mol. The van der Waals surface area contributed by atoms with Crippen LogP contribution in [0.1, 0.15) is 37.5 Å². The molecule has 2 N–H and O–H groups in total. The van der Waals surface area contributed by atoms with E-state index in [0.29, 0.717) is 18.0 Å². The van der Waals surface area contributed by atoms with Crippen molar-refractivity contribution in [2.24, 2.45) is 0 Å². The molecule has 0 saturated heterocycles. The fraction of sp³-hybridized carbons (Fsp3) is 0.318. The van der Waals surface area contributed by atoms with Crippen molar-refractivity contribution in [2.45, 2.75) is 32.7 Å². The van der Waals surface area contributed by atoms with Gasteiger partial charge in [-0.25, -0.2) is 4.79 Å². The van der Waals surface area contributed by atoms with Crippen LogP contribution in [0.4, 0.5) is 4.79 Å². The van der Waals surface area contributed by atoms with E-state index >= 15 is 0 Å². The van der Waals surface area contributed by atoms with Crippen molar-refractivity contribution in [1.82, 2.24) is 10.6 Å². The van der Waals surface area contributed by atoms with Crippen LogP contribution in [0.15, 0.2) is 48.7 Å². The Balaban J connectivity index is 1.85. The van der Waals surface area contributed by atoms with Crippen LogP contribution in [0, 0.1) is 0 Å². The predicted molar refractivity (Wildman–Crippen MR) is 109 cm³/mol. The summed E-state index contributed by atoms with van der Waals surface area (Å²) >= 11 is 0. The Morgan fingerprint density at radius 1 is 1.00 bits per heavy atom. The van der Waals surface area contributed by atoms with E-state index in [9.17, 15) is 4.79 Å². The van der Waals surface area contributed by atoms with E-state index in [1.54, 1.807) is 20.4 Å². The number of carbonyl (C=O) groups is 1. The maximum Gasteiger partial charge on any atom is 0.319 e. The van der Waals surface area contributed by atoms with Crippen LogP contribution in [0.5, 0.6) is 11.5 Å². The fourth-order valence-electron chi connectivity index (χ4n) is 2.53. The molecule has 5 heteroatoms. The second-order valence-electron chi connectivity index (χ2n) is 7.22. The van der Waals surface area contributed by atoms with Gasteiger partial charge in [0.05, 0.1) is 14.2 Å². The zero-order valence-electron chi connectivity index (χ0n) is 16.6. The van der Waals surface area contributed by atoms with Crippen molar-refractivity contribution in [1.29, 1.82) is 0 Å². The topological polar surface area (TPSA) is 59.6 Å². The van der Waals surface area contributed by atoms with Gasteiger partial charge >= 0.3 is 6.03 Å². The number of hydrogen-bond donors (Lipinski definition) is 2. The van der Waals surface area contributed by atoms with Crippen LogP contribution in [-0.4, -0.2) is 20.3 Å². The Morgan fingerprint density at radius 3 is 2.26 bits per heavy atom. The minimum Gasteiger partial charge on any atom is -0.493 e. The third-order valence-corrected chi connectivity index (χ3v) is 4.17. The molecular weight excluding hydrogens is 340 g/mol. The van der Waals surface area contributed by atoms with E-state index < -0.39 is 0 Å². The van der Waals surface area contributed by atoms with E-state index in [-0.39, 0.29) is 11.4 Å². The number of methoxy groups -OCH3 is 2. The lowest BCUT2D eigenvalue weighted by Gasteiger charge is -2.18. The summed E-state index contributed by atoms with van der Waals surface area (Å²) in [6.07, 6.45) is 3.50. The first-order chi connectivity index (χ1) is 12.8. The molecule has 0 unspecified atom stereocenters. The van der Waals surface area contributed by atoms with Crippen molar-refractivity contribution < 1.29 is 14.3 Å². The van der Waals surface area contributed by atoms with E-state index in [1.165, 1.54) is 5.56 Å². The second kappa shape index (κ2) is 9.12. The Morgan fingerprint density at radius 2 is 1.67 bits per heavy atom. The first-order valence-corrected chi connectivity index (χ1v) is 8.86. The van der Waals surface area contributed by atoms with Crippen LogP contribution < -0.4 is 20.1 Å². The van der Waals surface area contributed by atoms with E-state index in [1.807, 2.05) is 36.4 Å². The summed E-state index contributed by atoms with van der Waals surface area (Å²) in [5, 5.41) is 5.52. The van der Waals surface area contributed by atoms with Gasteiger partial charge in [0.1, 0.15) is 0 Å². The average molecular weight is 368 g/mol. The SMILES string of the molecule is COc1ccc(CNC(=O)N/C=C/c2ccc(C(C)(C)C)cc2)cc1OC. The summed E-state index contributed by atoms with van der Waals surface area (Å²) in [5.74, 6) is 1.29.